The zero-order valence-corrected chi connectivity index (χ0v) is 6.84. The van der Waals surface area contributed by atoms with Crippen molar-refractivity contribution < 1.29 is 18.0 Å². The van der Waals surface area contributed by atoms with Gasteiger partial charge < -0.3 is 5.32 Å². The molecule has 12 heavy (non-hydrogen) atoms. The van der Waals surface area contributed by atoms with E-state index in [1.165, 1.54) is 18.6 Å². The Morgan fingerprint density at radius 1 is 1.42 bits per heavy atom. The summed E-state index contributed by atoms with van der Waals surface area (Å²) in [6.07, 6.45) is 4.16. The van der Waals surface area contributed by atoms with Crippen molar-refractivity contribution in [1.82, 2.24) is 5.32 Å². The van der Waals surface area contributed by atoms with Gasteiger partial charge in [0.1, 0.15) is 0 Å². The Morgan fingerprint density at radius 2 is 2.08 bits per heavy atom. The molecule has 0 aliphatic heterocycles. The molecule has 0 aromatic rings. The van der Waals surface area contributed by atoms with Gasteiger partial charge >= 0.3 is 11.9 Å². The van der Waals surface area contributed by atoms with Crippen LogP contribution in [0.4, 0.5) is 13.2 Å². The van der Waals surface area contributed by atoms with Crippen LogP contribution in [0.15, 0.2) is 12.2 Å². The summed E-state index contributed by atoms with van der Waals surface area (Å²) < 4.78 is 34.4. The molecular formula is C6H7F3NOS. The van der Waals surface area contributed by atoms with Crippen molar-refractivity contribution in [1.29, 1.82) is 0 Å². The van der Waals surface area contributed by atoms with E-state index < -0.39 is 5.51 Å². The van der Waals surface area contributed by atoms with Gasteiger partial charge in [0.05, 0.1) is 0 Å². The second-order valence-corrected chi connectivity index (χ2v) is 2.80. The van der Waals surface area contributed by atoms with Crippen molar-refractivity contribution in [3.8, 4) is 0 Å². The Balaban J connectivity index is 3.30. The van der Waals surface area contributed by atoms with Gasteiger partial charge in [-0.2, -0.15) is 13.2 Å². The molecule has 0 saturated carbocycles. The number of amides is 1. The maximum absolute atomic E-state index is 11.5. The molecule has 0 rings (SSSR count). The molecule has 0 aliphatic rings. The minimum absolute atomic E-state index is 0.122. The normalized spacial score (nSPS) is 11.9. The summed E-state index contributed by atoms with van der Waals surface area (Å²) in [5.41, 5.74) is -4.19. The summed E-state index contributed by atoms with van der Waals surface area (Å²) in [5, 5.41) is 2.16. The molecule has 0 atom stereocenters. The summed E-state index contributed by atoms with van der Waals surface area (Å²) >= 11 is -0.122. The monoisotopic (exact) mass is 198 g/mol. The van der Waals surface area contributed by atoms with E-state index in [-0.39, 0.29) is 24.1 Å². The summed E-state index contributed by atoms with van der Waals surface area (Å²) in [6.45, 7) is 0.210. The van der Waals surface area contributed by atoms with E-state index in [1.807, 2.05) is 0 Å². The van der Waals surface area contributed by atoms with Crippen LogP contribution in [0.5, 0.6) is 0 Å². The lowest BCUT2D eigenvalue weighted by Gasteiger charge is -2.00. The SMILES string of the molecule is O=[C]NCC=CCSC(F)(F)F. The van der Waals surface area contributed by atoms with Crippen LogP contribution in [0.1, 0.15) is 0 Å². The van der Waals surface area contributed by atoms with Crippen molar-refractivity contribution in [3.05, 3.63) is 12.2 Å². The summed E-state index contributed by atoms with van der Waals surface area (Å²) in [6, 6.07) is 0. The average molecular weight is 198 g/mol. The van der Waals surface area contributed by atoms with Crippen molar-refractivity contribution >= 4 is 18.2 Å². The fraction of sp³-hybridized carbons (Fsp3) is 0.500. The molecular weight excluding hydrogens is 191 g/mol. The van der Waals surface area contributed by atoms with Crippen LogP contribution in [0.3, 0.4) is 0 Å². The van der Waals surface area contributed by atoms with Crippen LogP contribution >= 0.6 is 11.8 Å². The number of carbonyl (C=O) groups excluding carboxylic acids is 1. The zero-order valence-electron chi connectivity index (χ0n) is 6.02. The number of hydrogen-bond donors (Lipinski definition) is 1. The Kier molecular flexibility index (Phi) is 5.61. The second-order valence-electron chi connectivity index (χ2n) is 1.71. The lowest BCUT2D eigenvalue weighted by Crippen LogP contribution is -2.09. The van der Waals surface area contributed by atoms with Gasteiger partial charge in [0.2, 0.25) is 0 Å². The number of nitrogens with one attached hydrogen (secondary N) is 1. The first kappa shape index (κ1) is 11.4. The molecule has 1 radical (unpaired) electrons. The van der Waals surface area contributed by atoms with Gasteiger partial charge in [-0.05, 0) is 11.8 Å². The Bertz CT molecular complexity index is 157. The quantitative estimate of drug-likeness (QED) is 0.411. The summed E-state index contributed by atoms with van der Waals surface area (Å²) in [7, 11) is 0. The topological polar surface area (TPSA) is 29.1 Å². The third-order valence-electron chi connectivity index (χ3n) is 0.802. The predicted molar refractivity (Wildman–Crippen MR) is 41.3 cm³/mol. The zero-order chi connectivity index (χ0) is 9.45. The van der Waals surface area contributed by atoms with Crippen molar-refractivity contribution in [3.63, 3.8) is 0 Å². The molecule has 6 heteroatoms. The molecule has 1 amide bonds. The van der Waals surface area contributed by atoms with Gasteiger partial charge in [0, 0.05) is 12.3 Å². The summed E-state index contributed by atoms with van der Waals surface area (Å²) in [5.74, 6) is -0.135. The molecule has 0 saturated heterocycles. The molecule has 0 aromatic heterocycles. The molecule has 1 N–H and O–H groups in total. The van der Waals surface area contributed by atoms with E-state index in [2.05, 4.69) is 5.32 Å². The number of thioether (sulfide) groups is 1. The predicted octanol–water partition coefficient (Wildman–Crippen LogP) is 1.45. The van der Waals surface area contributed by atoms with Crippen LogP contribution in [0.2, 0.25) is 0 Å². The van der Waals surface area contributed by atoms with E-state index >= 15 is 0 Å². The Morgan fingerprint density at radius 3 is 2.58 bits per heavy atom. The van der Waals surface area contributed by atoms with E-state index in [1.54, 1.807) is 0 Å². The second kappa shape index (κ2) is 5.93. The standard InChI is InChI=1S/C6H7F3NOS/c7-6(8,9)12-4-2-1-3-10-5-11/h1-2H,3-4H2,(H,10,11). The van der Waals surface area contributed by atoms with Crippen LogP contribution < -0.4 is 5.32 Å². The lowest BCUT2D eigenvalue weighted by molar-refractivity contribution is -0.0326. The average Bonchev–Trinajstić information content (AvgIpc) is 1.94. The fourth-order valence-electron chi connectivity index (χ4n) is 0.395. The van der Waals surface area contributed by atoms with Gasteiger partial charge in [-0.15, -0.1) is 0 Å². The van der Waals surface area contributed by atoms with E-state index in [4.69, 9.17) is 0 Å². The maximum atomic E-state index is 11.5. The molecule has 0 aromatic carbocycles. The lowest BCUT2D eigenvalue weighted by atomic mass is 10.5. The van der Waals surface area contributed by atoms with Crippen LogP contribution in [0.25, 0.3) is 0 Å². The van der Waals surface area contributed by atoms with Gasteiger partial charge in [0.25, 0.3) is 0 Å². The van der Waals surface area contributed by atoms with Crippen molar-refractivity contribution in [2.75, 3.05) is 12.3 Å². The fourth-order valence-corrected chi connectivity index (χ4v) is 0.816. The highest BCUT2D eigenvalue weighted by molar-refractivity contribution is 8.00. The van der Waals surface area contributed by atoms with Gasteiger partial charge in [-0.1, -0.05) is 12.2 Å². The molecule has 0 spiro atoms. The highest BCUT2D eigenvalue weighted by atomic mass is 32.2. The van der Waals surface area contributed by atoms with Crippen molar-refractivity contribution in [2.45, 2.75) is 5.51 Å². The van der Waals surface area contributed by atoms with Crippen LogP contribution in [-0.2, 0) is 4.79 Å². The minimum atomic E-state index is -4.19. The summed E-state index contributed by atoms with van der Waals surface area (Å²) in [4.78, 5) is 9.54. The maximum Gasteiger partial charge on any atom is 0.442 e. The molecule has 2 nitrogen and oxygen atoms in total. The molecule has 69 valence electrons. The van der Waals surface area contributed by atoms with E-state index in [0.717, 1.165) is 0 Å². The van der Waals surface area contributed by atoms with E-state index in [9.17, 15) is 18.0 Å². The molecule has 0 fully saturated rings. The Labute approximate surface area is 72.2 Å². The number of rotatable bonds is 5. The van der Waals surface area contributed by atoms with Crippen LogP contribution in [-0.4, -0.2) is 24.2 Å². The largest absolute Gasteiger partial charge is 0.442 e. The molecule has 0 unspecified atom stereocenters. The highest BCUT2D eigenvalue weighted by Crippen LogP contribution is 2.29. The van der Waals surface area contributed by atoms with Gasteiger partial charge in [-0.3, -0.25) is 4.79 Å². The first-order valence-electron chi connectivity index (χ1n) is 3.02. The molecule has 0 bridgehead atoms. The number of hydrogen-bond acceptors (Lipinski definition) is 2. The molecule has 0 aliphatic carbocycles. The highest BCUT2D eigenvalue weighted by Gasteiger charge is 2.26. The number of alkyl halides is 3. The van der Waals surface area contributed by atoms with Crippen molar-refractivity contribution in [2.24, 2.45) is 0 Å². The molecule has 0 heterocycles. The van der Waals surface area contributed by atoms with E-state index in [0.29, 0.717) is 0 Å². The third kappa shape index (κ3) is 9.35. The third-order valence-corrected chi connectivity index (χ3v) is 1.49. The number of halogens is 3. The minimum Gasteiger partial charge on any atom is -0.344 e. The van der Waals surface area contributed by atoms with Gasteiger partial charge in [0.15, 0.2) is 0 Å². The van der Waals surface area contributed by atoms with Crippen LogP contribution in [0, 0.1) is 0 Å². The first-order chi connectivity index (χ1) is 5.56. The smallest absolute Gasteiger partial charge is 0.344 e. The first-order valence-corrected chi connectivity index (χ1v) is 4.00. The van der Waals surface area contributed by atoms with Gasteiger partial charge in [-0.25, -0.2) is 0 Å². The Hall–Kier alpha value is -0.650.